The van der Waals surface area contributed by atoms with Crippen LogP contribution in [0.4, 0.5) is 5.69 Å². The average molecular weight is 308 g/mol. The van der Waals surface area contributed by atoms with E-state index in [1.165, 1.54) is 5.69 Å². The zero-order valence-electron chi connectivity index (χ0n) is 13.2. The SMILES string of the molecule is CN1CCN(c2ccc3c(c2)[nH]c2ccc(C(N)=O)cc23)CC1. The minimum atomic E-state index is -0.393. The molecule has 1 aromatic heterocycles. The summed E-state index contributed by atoms with van der Waals surface area (Å²) in [6.45, 7) is 4.28. The van der Waals surface area contributed by atoms with Crippen LogP contribution in [0, 0.1) is 0 Å². The van der Waals surface area contributed by atoms with Gasteiger partial charge in [0.15, 0.2) is 0 Å². The summed E-state index contributed by atoms with van der Waals surface area (Å²) in [5.41, 5.74) is 9.30. The van der Waals surface area contributed by atoms with E-state index < -0.39 is 5.91 Å². The minimum Gasteiger partial charge on any atom is -0.369 e. The molecule has 5 heteroatoms. The molecule has 1 saturated heterocycles. The number of fused-ring (bicyclic) bond motifs is 3. The van der Waals surface area contributed by atoms with E-state index in [1.54, 1.807) is 6.07 Å². The molecule has 0 aliphatic carbocycles. The van der Waals surface area contributed by atoms with Crippen LogP contribution in [-0.2, 0) is 0 Å². The molecular formula is C18H20N4O. The van der Waals surface area contributed by atoms with E-state index in [4.69, 9.17) is 5.73 Å². The van der Waals surface area contributed by atoms with Crippen LogP contribution in [-0.4, -0.2) is 49.0 Å². The summed E-state index contributed by atoms with van der Waals surface area (Å²) in [4.78, 5) is 19.6. The van der Waals surface area contributed by atoms with Crippen LogP contribution in [0.25, 0.3) is 21.8 Å². The molecule has 3 aromatic rings. The highest BCUT2D eigenvalue weighted by Crippen LogP contribution is 2.29. The van der Waals surface area contributed by atoms with E-state index in [-0.39, 0.29) is 0 Å². The quantitative estimate of drug-likeness (QED) is 0.762. The average Bonchev–Trinajstić information content (AvgIpc) is 2.92. The zero-order valence-corrected chi connectivity index (χ0v) is 13.2. The Morgan fingerprint density at radius 1 is 1.00 bits per heavy atom. The van der Waals surface area contributed by atoms with Crippen LogP contribution in [0.2, 0.25) is 0 Å². The summed E-state index contributed by atoms with van der Waals surface area (Å²) in [7, 11) is 2.16. The van der Waals surface area contributed by atoms with Gasteiger partial charge in [-0.25, -0.2) is 0 Å². The van der Waals surface area contributed by atoms with Crippen molar-refractivity contribution in [2.24, 2.45) is 5.73 Å². The third kappa shape index (κ3) is 2.43. The van der Waals surface area contributed by atoms with E-state index in [2.05, 4.69) is 40.0 Å². The Morgan fingerprint density at radius 2 is 1.78 bits per heavy atom. The molecule has 0 atom stereocenters. The van der Waals surface area contributed by atoms with Crippen molar-refractivity contribution in [3.8, 4) is 0 Å². The van der Waals surface area contributed by atoms with Crippen molar-refractivity contribution >= 4 is 33.4 Å². The number of aromatic amines is 1. The Morgan fingerprint density at radius 3 is 2.52 bits per heavy atom. The van der Waals surface area contributed by atoms with Crippen LogP contribution in [0.3, 0.4) is 0 Å². The van der Waals surface area contributed by atoms with Gasteiger partial charge in [-0.15, -0.1) is 0 Å². The van der Waals surface area contributed by atoms with Gasteiger partial charge in [0.2, 0.25) is 5.91 Å². The Kier molecular flexibility index (Phi) is 3.23. The molecule has 1 amide bonds. The third-order valence-corrected chi connectivity index (χ3v) is 4.74. The molecule has 2 heterocycles. The Hall–Kier alpha value is -2.53. The summed E-state index contributed by atoms with van der Waals surface area (Å²) < 4.78 is 0. The van der Waals surface area contributed by atoms with Gasteiger partial charge in [-0.1, -0.05) is 6.07 Å². The van der Waals surface area contributed by atoms with Gasteiger partial charge in [-0.05, 0) is 37.4 Å². The molecule has 1 aliphatic rings. The first-order chi connectivity index (χ1) is 11.1. The molecule has 5 nitrogen and oxygen atoms in total. The number of amides is 1. The smallest absolute Gasteiger partial charge is 0.248 e. The fourth-order valence-electron chi connectivity index (χ4n) is 3.31. The molecule has 2 aromatic carbocycles. The number of nitrogens with zero attached hydrogens (tertiary/aromatic N) is 2. The fourth-order valence-corrected chi connectivity index (χ4v) is 3.31. The lowest BCUT2D eigenvalue weighted by atomic mass is 10.1. The summed E-state index contributed by atoms with van der Waals surface area (Å²) >= 11 is 0. The number of hydrogen-bond donors (Lipinski definition) is 2. The second-order valence-corrected chi connectivity index (χ2v) is 6.27. The summed E-state index contributed by atoms with van der Waals surface area (Å²) in [6, 6.07) is 12.0. The summed E-state index contributed by atoms with van der Waals surface area (Å²) in [6.07, 6.45) is 0. The Balaban J connectivity index is 1.77. The maximum absolute atomic E-state index is 11.4. The molecule has 23 heavy (non-hydrogen) atoms. The highest BCUT2D eigenvalue weighted by Gasteiger charge is 2.15. The summed E-state index contributed by atoms with van der Waals surface area (Å²) in [5, 5.41) is 2.17. The minimum absolute atomic E-state index is 0.393. The predicted molar refractivity (Wildman–Crippen MR) is 94.0 cm³/mol. The van der Waals surface area contributed by atoms with Crippen molar-refractivity contribution < 1.29 is 4.79 Å². The van der Waals surface area contributed by atoms with E-state index in [9.17, 15) is 4.79 Å². The largest absolute Gasteiger partial charge is 0.369 e. The van der Waals surface area contributed by atoms with Gasteiger partial charge in [0.05, 0.1) is 0 Å². The maximum Gasteiger partial charge on any atom is 0.248 e. The number of piperazine rings is 1. The van der Waals surface area contributed by atoms with E-state index >= 15 is 0 Å². The molecular weight excluding hydrogens is 288 g/mol. The Bertz CT molecular complexity index is 891. The second-order valence-electron chi connectivity index (χ2n) is 6.27. The number of hydrogen-bond acceptors (Lipinski definition) is 3. The normalized spacial score (nSPS) is 16.3. The van der Waals surface area contributed by atoms with E-state index in [1.807, 2.05) is 12.1 Å². The molecule has 0 bridgehead atoms. The molecule has 1 fully saturated rings. The number of anilines is 1. The first kappa shape index (κ1) is 14.1. The molecule has 0 saturated carbocycles. The van der Waals surface area contributed by atoms with Crippen molar-refractivity contribution in [3.63, 3.8) is 0 Å². The number of benzene rings is 2. The predicted octanol–water partition coefficient (Wildman–Crippen LogP) is 2.17. The zero-order chi connectivity index (χ0) is 16.0. The number of aromatic nitrogens is 1. The van der Waals surface area contributed by atoms with Crippen molar-refractivity contribution in [1.29, 1.82) is 0 Å². The van der Waals surface area contributed by atoms with Crippen molar-refractivity contribution in [1.82, 2.24) is 9.88 Å². The molecule has 1 aliphatic heterocycles. The molecule has 118 valence electrons. The highest BCUT2D eigenvalue weighted by molar-refractivity contribution is 6.10. The number of nitrogens with one attached hydrogen (secondary N) is 1. The van der Waals surface area contributed by atoms with Gasteiger partial charge in [-0.2, -0.15) is 0 Å². The van der Waals surface area contributed by atoms with Crippen molar-refractivity contribution in [2.45, 2.75) is 0 Å². The fraction of sp³-hybridized carbons (Fsp3) is 0.278. The molecule has 3 N–H and O–H groups in total. The molecule has 0 unspecified atom stereocenters. The number of rotatable bonds is 2. The first-order valence-electron chi connectivity index (χ1n) is 7.90. The number of likely N-dealkylation sites (N-methyl/N-ethyl adjacent to an activating group) is 1. The van der Waals surface area contributed by atoms with Gasteiger partial charge in [-0.3, -0.25) is 4.79 Å². The molecule has 0 spiro atoms. The van der Waals surface area contributed by atoms with Crippen LogP contribution in [0.1, 0.15) is 10.4 Å². The van der Waals surface area contributed by atoms with Gasteiger partial charge < -0.3 is 20.5 Å². The lowest BCUT2D eigenvalue weighted by Crippen LogP contribution is -2.44. The lowest BCUT2D eigenvalue weighted by Gasteiger charge is -2.34. The monoisotopic (exact) mass is 308 g/mol. The van der Waals surface area contributed by atoms with Gasteiger partial charge in [0.1, 0.15) is 0 Å². The number of primary amides is 1. The number of H-pyrrole nitrogens is 1. The van der Waals surface area contributed by atoms with Crippen LogP contribution in [0.5, 0.6) is 0 Å². The number of carbonyl (C=O) groups excluding carboxylic acids is 1. The third-order valence-electron chi connectivity index (χ3n) is 4.74. The van der Waals surface area contributed by atoms with Crippen LogP contribution < -0.4 is 10.6 Å². The maximum atomic E-state index is 11.4. The van der Waals surface area contributed by atoms with Gasteiger partial charge in [0, 0.05) is 59.2 Å². The second kappa shape index (κ2) is 5.28. The Labute approximate surface area is 134 Å². The topological polar surface area (TPSA) is 65.4 Å². The molecule has 4 rings (SSSR count). The van der Waals surface area contributed by atoms with Gasteiger partial charge >= 0.3 is 0 Å². The summed E-state index contributed by atoms with van der Waals surface area (Å²) in [5.74, 6) is -0.393. The van der Waals surface area contributed by atoms with Crippen molar-refractivity contribution in [2.75, 3.05) is 38.1 Å². The molecule has 0 radical (unpaired) electrons. The van der Waals surface area contributed by atoms with E-state index in [0.717, 1.165) is 48.0 Å². The van der Waals surface area contributed by atoms with Crippen molar-refractivity contribution in [3.05, 3.63) is 42.0 Å². The van der Waals surface area contributed by atoms with Crippen LogP contribution in [0.15, 0.2) is 36.4 Å². The van der Waals surface area contributed by atoms with Gasteiger partial charge in [0.25, 0.3) is 0 Å². The lowest BCUT2D eigenvalue weighted by molar-refractivity contribution is 0.100. The standard InChI is InChI=1S/C18H20N4O/c1-21-6-8-22(9-7-21)13-3-4-14-15-10-12(18(19)23)2-5-16(15)20-17(14)11-13/h2-5,10-11,20H,6-9H2,1H3,(H2,19,23). The highest BCUT2D eigenvalue weighted by atomic mass is 16.1. The van der Waals surface area contributed by atoms with E-state index in [0.29, 0.717) is 5.56 Å². The first-order valence-corrected chi connectivity index (χ1v) is 7.90. The number of nitrogens with two attached hydrogens (primary N) is 1. The number of carbonyl (C=O) groups is 1. The van der Waals surface area contributed by atoms with Crippen LogP contribution >= 0.6 is 0 Å².